The molecule has 0 saturated heterocycles. The first-order chi connectivity index (χ1) is 10.3. The highest BCUT2D eigenvalue weighted by atomic mass is 32.1. The second kappa shape index (κ2) is 11.4. The molecule has 0 aliphatic rings. The van der Waals surface area contributed by atoms with Crippen molar-refractivity contribution in [1.82, 2.24) is 0 Å². The van der Waals surface area contributed by atoms with Crippen molar-refractivity contribution in [2.24, 2.45) is 0 Å². The van der Waals surface area contributed by atoms with Gasteiger partial charge in [-0.2, -0.15) is 0 Å². The van der Waals surface area contributed by atoms with Crippen molar-refractivity contribution in [2.75, 3.05) is 19.8 Å². The summed E-state index contributed by atoms with van der Waals surface area (Å²) in [4.78, 5) is 1.50. The number of aryl methyl sites for hydroxylation is 1. The van der Waals surface area contributed by atoms with Gasteiger partial charge in [0.05, 0.1) is 0 Å². The van der Waals surface area contributed by atoms with Crippen LogP contribution in [-0.4, -0.2) is 28.6 Å². The van der Waals surface area contributed by atoms with Crippen LogP contribution in [0.25, 0.3) is 0 Å². The van der Waals surface area contributed by atoms with Crippen molar-refractivity contribution >= 4 is 20.1 Å². The Morgan fingerprint density at radius 2 is 1.52 bits per heavy atom. The third-order valence-corrected chi connectivity index (χ3v) is 7.42. The van der Waals surface area contributed by atoms with Gasteiger partial charge < -0.3 is 13.3 Å². The standard InChI is InChI=1S/C16H30O3SSi/c1-4-17-21(18-5-2,19-6-3)15-10-8-7-9-12-16-13-11-14-20-16/h11,13-14H,4-10,12,15H2,1-3H3. The van der Waals surface area contributed by atoms with Crippen molar-refractivity contribution in [3.63, 3.8) is 0 Å². The number of hydrogen-bond donors (Lipinski definition) is 0. The van der Waals surface area contributed by atoms with Gasteiger partial charge in [-0.1, -0.05) is 18.9 Å². The molecule has 0 aliphatic carbocycles. The van der Waals surface area contributed by atoms with E-state index >= 15 is 0 Å². The summed E-state index contributed by atoms with van der Waals surface area (Å²) >= 11 is 1.86. The molecule has 0 spiro atoms. The Morgan fingerprint density at radius 1 is 0.905 bits per heavy atom. The summed E-state index contributed by atoms with van der Waals surface area (Å²) in [6.45, 7) is 8.06. The van der Waals surface area contributed by atoms with E-state index in [0.717, 1.165) is 12.5 Å². The molecule has 0 fully saturated rings. The maximum Gasteiger partial charge on any atom is 0.500 e. The average Bonchev–Trinajstić information content (AvgIpc) is 2.97. The van der Waals surface area contributed by atoms with E-state index < -0.39 is 8.80 Å². The van der Waals surface area contributed by atoms with Gasteiger partial charge in [-0.25, -0.2) is 0 Å². The molecule has 0 N–H and O–H groups in total. The van der Waals surface area contributed by atoms with E-state index in [2.05, 4.69) is 17.5 Å². The molecule has 0 amide bonds. The van der Waals surface area contributed by atoms with Gasteiger partial charge in [0, 0.05) is 30.7 Å². The minimum atomic E-state index is -2.41. The summed E-state index contributed by atoms with van der Waals surface area (Å²) in [7, 11) is -2.41. The Bertz CT molecular complexity index is 326. The minimum absolute atomic E-state index is 0.671. The Morgan fingerprint density at radius 3 is 2.05 bits per heavy atom. The highest BCUT2D eigenvalue weighted by molar-refractivity contribution is 7.09. The van der Waals surface area contributed by atoms with Gasteiger partial charge in [-0.3, -0.25) is 0 Å². The third-order valence-electron chi connectivity index (χ3n) is 3.33. The first-order valence-corrected chi connectivity index (χ1v) is 11.0. The van der Waals surface area contributed by atoms with Crippen molar-refractivity contribution in [3.8, 4) is 0 Å². The lowest BCUT2D eigenvalue weighted by Gasteiger charge is -2.28. The molecule has 0 bridgehead atoms. The van der Waals surface area contributed by atoms with Crippen LogP contribution in [0.15, 0.2) is 17.5 Å². The van der Waals surface area contributed by atoms with Crippen LogP contribution in [0.4, 0.5) is 0 Å². The largest absolute Gasteiger partial charge is 0.500 e. The molecule has 0 unspecified atom stereocenters. The number of hydrogen-bond acceptors (Lipinski definition) is 4. The average molecular weight is 331 g/mol. The van der Waals surface area contributed by atoms with E-state index in [1.54, 1.807) is 0 Å². The summed E-state index contributed by atoms with van der Waals surface area (Å²) in [6.07, 6.45) is 6.12. The third kappa shape index (κ3) is 7.56. The van der Waals surface area contributed by atoms with Crippen molar-refractivity contribution in [3.05, 3.63) is 22.4 Å². The fourth-order valence-electron chi connectivity index (χ4n) is 2.45. The van der Waals surface area contributed by atoms with E-state index in [0.29, 0.717) is 19.8 Å². The van der Waals surface area contributed by atoms with E-state index in [9.17, 15) is 0 Å². The summed E-state index contributed by atoms with van der Waals surface area (Å²) in [5, 5.41) is 2.15. The molecular formula is C16H30O3SSi. The van der Waals surface area contributed by atoms with Gasteiger partial charge in [-0.05, 0) is 51.5 Å². The van der Waals surface area contributed by atoms with E-state index in [-0.39, 0.29) is 0 Å². The lowest BCUT2D eigenvalue weighted by molar-refractivity contribution is 0.0706. The molecule has 1 aromatic heterocycles. The van der Waals surface area contributed by atoms with Crippen LogP contribution >= 0.6 is 11.3 Å². The SMILES string of the molecule is CCO[Si](CCCCCCc1cccs1)(OCC)OCC. The predicted octanol–water partition coefficient (Wildman–Crippen LogP) is 4.90. The van der Waals surface area contributed by atoms with Gasteiger partial charge in [0.25, 0.3) is 0 Å². The summed E-state index contributed by atoms with van der Waals surface area (Å²) < 4.78 is 17.6. The first-order valence-electron chi connectivity index (χ1n) is 8.20. The summed E-state index contributed by atoms with van der Waals surface area (Å²) in [6, 6.07) is 5.30. The topological polar surface area (TPSA) is 27.7 Å². The zero-order chi connectivity index (χ0) is 15.4. The van der Waals surface area contributed by atoms with Gasteiger partial charge in [0.2, 0.25) is 0 Å². The lowest BCUT2D eigenvalue weighted by atomic mass is 10.1. The highest BCUT2D eigenvalue weighted by Gasteiger charge is 2.39. The first kappa shape index (κ1) is 18.8. The molecule has 0 saturated carbocycles. The number of unbranched alkanes of at least 4 members (excludes halogenated alkanes) is 3. The maximum atomic E-state index is 5.87. The molecular weight excluding hydrogens is 300 g/mol. The van der Waals surface area contributed by atoms with E-state index in [1.807, 2.05) is 32.1 Å². The highest BCUT2D eigenvalue weighted by Crippen LogP contribution is 2.21. The molecule has 122 valence electrons. The van der Waals surface area contributed by atoms with Crippen LogP contribution in [0, 0.1) is 0 Å². The summed E-state index contributed by atoms with van der Waals surface area (Å²) in [5.41, 5.74) is 0. The van der Waals surface area contributed by atoms with E-state index in [1.165, 1.54) is 30.6 Å². The second-order valence-corrected chi connectivity index (χ2v) is 8.74. The molecule has 5 heteroatoms. The molecule has 0 aliphatic heterocycles. The van der Waals surface area contributed by atoms with Crippen LogP contribution in [0.3, 0.4) is 0 Å². The minimum Gasteiger partial charge on any atom is -0.374 e. The van der Waals surface area contributed by atoms with Crippen LogP contribution in [0.1, 0.15) is 51.3 Å². The number of thiophene rings is 1. The molecule has 0 aromatic carbocycles. The van der Waals surface area contributed by atoms with Crippen LogP contribution in [0.5, 0.6) is 0 Å². The second-order valence-electron chi connectivity index (χ2n) is 4.98. The summed E-state index contributed by atoms with van der Waals surface area (Å²) in [5.74, 6) is 0. The Balaban J connectivity index is 2.22. The zero-order valence-corrected chi connectivity index (χ0v) is 15.5. The van der Waals surface area contributed by atoms with Gasteiger partial charge in [0.1, 0.15) is 0 Å². The molecule has 0 radical (unpaired) electrons. The lowest BCUT2D eigenvalue weighted by Crippen LogP contribution is -2.45. The molecule has 1 rings (SSSR count). The fraction of sp³-hybridized carbons (Fsp3) is 0.750. The Hall–Kier alpha value is -0.203. The fourth-order valence-corrected chi connectivity index (χ4v) is 5.89. The van der Waals surface area contributed by atoms with Crippen LogP contribution in [-0.2, 0) is 19.7 Å². The van der Waals surface area contributed by atoms with Crippen molar-refractivity contribution in [2.45, 2.75) is 58.9 Å². The normalized spacial score (nSPS) is 12.0. The van der Waals surface area contributed by atoms with Gasteiger partial charge >= 0.3 is 8.80 Å². The molecule has 3 nitrogen and oxygen atoms in total. The van der Waals surface area contributed by atoms with E-state index in [4.69, 9.17) is 13.3 Å². The molecule has 1 aromatic rings. The molecule has 21 heavy (non-hydrogen) atoms. The molecule has 1 heterocycles. The number of rotatable bonds is 13. The van der Waals surface area contributed by atoms with Crippen LogP contribution < -0.4 is 0 Å². The zero-order valence-electron chi connectivity index (χ0n) is 13.7. The van der Waals surface area contributed by atoms with Gasteiger partial charge in [-0.15, -0.1) is 11.3 Å². The maximum absolute atomic E-state index is 5.87. The Labute approximate surface area is 135 Å². The predicted molar refractivity (Wildman–Crippen MR) is 91.9 cm³/mol. The van der Waals surface area contributed by atoms with Crippen molar-refractivity contribution < 1.29 is 13.3 Å². The Kier molecular flexibility index (Phi) is 10.2. The van der Waals surface area contributed by atoms with Crippen molar-refractivity contribution in [1.29, 1.82) is 0 Å². The monoisotopic (exact) mass is 330 g/mol. The van der Waals surface area contributed by atoms with Gasteiger partial charge in [0.15, 0.2) is 0 Å². The quantitative estimate of drug-likeness (QED) is 0.380. The smallest absolute Gasteiger partial charge is 0.374 e. The molecule has 0 atom stereocenters. The van der Waals surface area contributed by atoms with Crippen LogP contribution in [0.2, 0.25) is 6.04 Å².